The molecule has 0 radical (unpaired) electrons. The first-order chi connectivity index (χ1) is 6.33. The van der Waals surface area contributed by atoms with Crippen molar-refractivity contribution in [3.05, 3.63) is 59.0 Å². The molecule has 0 nitrogen and oxygen atoms in total. The van der Waals surface area contributed by atoms with Crippen molar-refractivity contribution in [2.24, 2.45) is 0 Å². The lowest BCUT2D eigenvalue weighted by molar-refractivity contribution is 1.42. The summed E-state index contributed by atoms with van der Waals surface area (Å²) in [4.78, 5) is 0. The zero-order valence-electron chi connectivity index (χ0n) is 7.24. The first-order valence-electron chi connectivity index (χ1n) is 3.98. The van der Waals surface area contributed by atoms with Crippen molar-refractivity contribution in [3.8, 4) is 0 Å². The molecule has 0 amide bonds. The number of benzene rings is 1. The topological polar surface area (TPSA) is 0 Å². The molecule has 13 heavy (non-hydrogen) atoms. The van der Waals surface area contributed by atoms with Crippen molar-refractivity contribution < 1.29 is 0 Å². The fourth-order valence-corrected chi connectivity index (χ4v) is 1.81. The van der Waals surface area contributed by atoms with E-state index in [0.717, 1.165) is 10.1 Å². The van der Waals surface area contributed by atoms with Gasteiger partial charge >= 0.3 is 0 Å². The van der Waals surface area contributed by atoms with E-state index in [0.29, 0.717) is 0 Å². The molecule has 0 saturated carbocycles. The van der Waals surface area contributed by atoms with Crippen molar-refractivity contribution in [3.63, 3.8) is 0 Å². The highest BCUT2D eigenvalue weighted by molar-refractivity contribution is 8.03. The highest BCUT2D eigenvalue weighted by atomic mass is 35.5. The van der Waals surface area contributed by atoms with Gasteiger partial charge in [-0.3, -0.25) is 0 Å². The third kappa shape index (κ3) is 4.20. The van der Waals surface area contributed by atoms with Gasteiger partial charge in [-0.25, -0.2) is 0 Å². The van der Waals surface area contributed by atoms with Crippen molar-refractivity contribution in [2.45, 2.75) is 5.75 Å². The molecule has 0 atom stereocenters. The molecule has 0 N–H and O–H groups in total. The molecule has 0 bridgehead atoms. The van der Waals surface area contributed by atoms with Crippen LogP contribution in [0.1, 0.15) is 5.56 Å². The highest BCUT2D eigenvalue weighted by Crippen LogP contribution is 2.24. The van der Waals surface area contributed by atoms with Gasteiger partial charge in [0.15, 0.2) is 0 Å². The molecule has 0 spiro atoms. The van der Waals surface area contributed by atoms with Gasteiger partial charge in [0, 0.05) is 5.75 Å². The number of halogens is 1. The minimum atomic E-state index is 0.777. The lowest BCUT2D eigenvalue weighted by Crippen LogP contribution is -1.77. The average molecular weight is 211 g/mol. The molecule has 0 aromatic heterocycles. The number of thioether (sulfide) groups is 1. The molecule has 0 heterocycles. The highest BCUT2D eigenvalue weighted by Gasteiger charge is 1.94. The average Bonchev–Trinajstić information content (AvgIpc) is 2.17. The Morgan fingerprint density at radius 2 is 2.08 bits per heavy atom. The maximum Gasteiger partial charge on any atom is 0.0737 e. The lowest BCUT2D eigenvalue weighted by Gasteiger charge is -1.98. The van der Waals surface area contributed by atoms with Crippen LogP contribution in [0.3, 0.4) is 0 Å². The van der Waals surface area contributed by atoms with E-state index in [1.165, 1.54) is 5.56 Å². The smallest absolute Gasteiger partial charge is 0.0737 e. The summed E-state index contributed by atoms with van der Waals surface area (Å²) >= 11 is 7.49. The Labute approximate surface area is 88.3 Å². The molecular formula is C11H11ClS. The normalized spacial score (nSPS) is 11.3. The largest absolute Gasteiger partial charge is 0.109 e. The van der Waals surface area contributed by atoms with Crippen LogP contribution in [0.15, 0.2) is 53.4 Å². The number of hydrogen-bond donors (Lipinski definition) is 0. The SMILES string of the molecule is C=C/C=C(/Cl)SCc1ccccc1. The van der Waals surface area contributed by atoms with Crippen LogP contribution in [0, 0.1) is 0 Å². The Morgan fingerprint density at radius 1 is 1.38 bits per heavy atom. The van der Waals surface area contributed by atoms with Crippen LogP contribution >= 0.6 is 23.4 Å². The van der Waals surface area contributed by atoms with Crippen molar-refractivity contribution >= 4 is 23.4 Å². The Bertz CT molecular complexity index is 290. The fraction of sp³-hybridized carbons (Fsp3) is 0.0909. The van der Waals surface area contributed by atoms with Crippen LogP contribution in [0.4, 0.5) is 0 Å². The molecular weight excluding hydrogens is 200 g/mol. The second kappa shape index (κ2) is 5.90. The second-order valence-electron chi connectivity index (χ2n) is 2.48. The minimum Gasteiger partial charge on any atom is -0.109 e. The maximum atomic E-state index is 5.88. The number of rotatable bonds is 4. The van der Waals surface area contributed by atoms with Gasteiger partial charge in [0.05, 0.1) is 4.36 Å². The molecule has 68 valence electrons. The predicted octanol–water partition coefficient (Wildman–Crippen LogP) is 4.19. The van der Waals surface area contributed by atoms with Gasteiger partial charge in [0.25, 0.3) is 0 Å². The summed E-state index contributed by atoms with van der Waals surface area (Å²) in [6.45, 7) is 3.58. The summed E-state index contributed by atoms with van der Waals surface area (Å²) in [5.41, 5.74) is 1.28. The molecule has 0 fully saturated rings. The standard InChI is InChI=1S/C11H11ClS/c1-2-6-11(12)13-9-10-7-4-3-5-8-10/h2-8H,1,9H2/b11-6-. The van der Waals surface area contributed by atoms with Gasteiger partial charge in [0.2, 0.25) is 0 Å². The van der Waals surface area contributed by atoms with Gasteiger partial charge in [-0.15, -0.1) is 11.8 Å². The monoisotopic (exact) mass is 210 g/mol. The molecule has 0 aliphatic carbocycles. The van der Waals surface area contributed by atoms with Gasteiger partial charge < -0.3 is 0 Å². The number of allylic oxidation sites excluding steroid dienone is 2. The van der Waals surface area contributed by atoms with Gasteiger partial charge in [-0.05, 0) is 11.6 Å². The molecule has 1 aromatic carbocycles. The van der Waals surface area contributed by atoms with E-state index < -0.39 is 0 Å². The van der Waals surface area contributed by atoms with Crippen LogP contribution in [0.25, 0.3) is 0 Å². The quantitative estimate of drug-likeness (QED) is 0.672. The Kier molecular flexibility index (Phi) is 4.73. The summed E-state index contributed by atoms with van der Waals surface area (Å²) in [6, 6.07) is 10.2. The van der Waals surface area contributed by atoms with E-state index in [1.54, 1.807) is 23.9 Å². The van der Waals surface area contributed by atoms with Crippen molar-refractivity contribution in [1.82, 2.24) is 0 Å². The van der Waals surface area contributed by atoms with E-state index in [9.17, 15) is 0 Å². The molecule has 2 heteroatoms. The third-order valence-electron chi connectivity index (χ3n) is 1.47. The predicted molar refractivity (Wildman–Crippen MR) is 61.9 cm³/mol. The van der Waals surface area contributed by atoms with Crippen LogP contribution in [0.2, 0.25) is 0 Å². The summed E-state index contributed by atoms with van der Waals surface area (Å²) in [6.07, 6.45) is 3.50. The van der Waals surface area contributed by atoms with E-state index in [2.05, 4.69) is 18.7 Å². The van der Waals surface area contributed by atoms with Gasteiger partial charge in [-0.1, -0.05) is 54.6 Å². The van der Waals surface area contributed by atoms with Crippen molar-refractivity contribution in [2.75, 3.05) is 0 Å². The summed E-state index contributed by atoms with van der Waals surface area (Å²) in [7, 11) is 0. The van der Waals surface area contributed by atoms with Crippen LogP contribution in [0.5, 0.6) is 0 Å². The lowest BCUT2D eigenvalue weighted by atomic mass is 10.2. The van der Waals surface area contributed by atoms with Gasteiger partial charge in [0.1, 0.15) is 0 Å². The van der Waals surface area contributed by atoms with Crippen LogP contribution < -0.4 is 0 Å². The molecule has 0 aliphatic heterocycles. The molecule has 1 aromatic rings. The second-order valence-corrected chi connectivity index (χ2v) is 4.13. The fourth-order valence-electron chi connectivity index (χ4n) is 0.867. The third-order valence-corrected chi connectivity index (χ3v) is 2.81. The Hall–Kier alpha value is -0.660. The first-order valence-corrected chi connectivity index (χ1v) is 5.34. The summed E-state index contributed by atoms with van der Waals surface area (Å²) in [5, 5.41) is 0. The van der Waals surface area contributed by atoms with E-state index in [4.69, 9.17) is 11.6 Å². The Morgan fingerprint density at radius 3 is 2.69 bits per heavy atom. The molecule has 0 unspecified atom stereocenters. The maximum absolute atomic E-state index is 5.88. The minimum absolute atomic E-state index is 0.777. The molecule has 0 aliphatic rings. The van der Waals surface area contributed by atoms with E-state index >= 15 is 0 Å². The van der Waals surface area contributed by atoms with E-state index in [-0.39, 0.29) is 0 Å². The number of hydrogen-bond acceptors (Lipinski definition) is 1. The first kappa shape index (κ1) is 10.4. The summed E-state index contributed by atoms with van der Waals surface area (Å²) < 4.78 is 0.777. The van der Waals surface area contributed by atoms with E-state index in [1.807, 2.05) is 18.2 Å². The Balaban J connectivity index is 2.44. The zero-order chi connectivity index (χ0) is 9.52. The van der Waals surface area contributed by atoms with Crippen LogP contribution in [-0.4, -0.2) is 0 Å². The molecule has 1 rings (SSSR count). The van der Waals surface area contributed by atoms with Gasteiger partial charge in [-0.2, -0.15) is 0 Å². The van der Waals surface area contributed by atoms with Crippen molar-refractivity contribution in [1.29, 1.82) is 0 Å². The van der Waals surface area contributed by atoms with Crippen LogP contribution in [-0.2, 0) is 5.75 Å². The summed E-state index contributed by atoms with van der Waals surface area (Å²) in [5.74, 6) is 0.907. The molecule has 0 saturated heterocycles. The zero-order valence-corrected chi connectivity index (χ0v) is 8.81.